The second-order valence-corrected chi connectivity index (χ2v) is 5.73. The van der Waals surface area contributed by atoms with Gasteiger partial charge >= 0.3 is 0 Å². The first-order valence-corrected chi connectivity index (χ1v) is 8.00. The lowest BCUT2D eigenvalue weighted by molar-refractivity contribution is 0.510. The summed E-state index contributed by atoms with van der Waals surface area (Å²) >= 11 is 7.50. The number of rotatable bonds is 8. The molecule has 0 aliphatic carbocycles. The van der Waals surface area contributed by atoms with Crippen LogP contribution in [0.15, 0.2) is 29.4 Å². The Morgan fingerprint density at radius 2 is 2.05 bits per heavy atom. The molecule has 0 saturated carbocycles. The number of nitrogens with zero attached hydrogens (tertiary/aromatic N) is 4. The van der Waals surface area contributed by atoms with Gasteiger partial charge in [0.2, 0.25) is 5.16 Å². The van der Waals surface area contributed by atoms with E-state index in [0.29, 0.717) is 0 Å². The molecule has 0 aliphatic heterocycles. The van der Waals surface area contributed by atoms with Crippen LogP contribution in [0.3, 0.4) is 0 Å². The van der Waals surface area contributed by atoms with E-state index < -0.39 is 0 Å². The Hall–Kier alpha value is -1.11. The highest BCUT2D eigenvalue weighted by Crippen LogP contribution is 2.20. The van der Waals surface area contributed by atoms with E-state index in [0.717, 1.165) is 42.0 Å². The minimum absolute atomic E-state index is 0.755. The zero-order valence-electron chi connectivity index (χ0n) is 11.4. The molecule has 0 bridgehead atoms. The maximum atomic E-state index is 5.87. The predicted octanol–water partition coefficient (Wildman–Crippen LogP) is 2.62. The Balaban J connectivity index is 1.83. The van der Waals surface area contributed by atoms with Crippen molar-refractivity contribution in [2.24, 2.45) is 0 Å². The van der Waals surface area contributed by atoms with Crippen LogP contribution in [-0.4, -0.2) is 33.3 Å². The second-order valence-electron chi connectivity index (χ2n) is 4.35. The molecule has 0 unspecified atom stereocenters. The van der Waals surface area contributed by atoms with Crippen LogP contribution in [0.5, 0.6) is 0 Å². The van der Waals surface area contributed by atoms with Gasteiger partial charge in [0.05, 0.1) is 6.54 Å². The van der Waals surface area contributed by atoms with Crippen LogP contribution in [0.1, 0.15) is 18.9 Å². The zero-order valence-corrected chi connectivity index (χ0v) is 13.0. The van der Waals surface area contributed by atoms with Gasteiger partial charge in [-0.25, -0.2) is 4.68 Å². The maximum Gasteiger partial charge on any atom is 0.209 e. The number of tetrazole rings is 1. The van der Waals surface area contributed by atoms with E-state index in [-0.39, 0.29) is 0 Å². The molecule has 1 N–H and O–H groups in total. The highest BCUT2D eigenvalue weighted by atomic mass is 35.5. The largest absolute Gasteiger partial charge is 0.315 e. The summed E-state index contributed by atoms with van der Waals surface area (Å²) in [5.74, 6) is 0.833. The fraction of sp³-hybridized carbons (Fsp3) is 0.462. The molecule has 0 aliphatic rings. The van der Waals surface area contributed by atoms with Crippen molar-refractivity contribution in [1.82, 2.24) is 25.5 Å². The van der Waals surface area contributed by atoms with Gasteiger partial charge in [0.25, 0.3) is 0 Å². The molecule has 5 nitrogen and oxygen atoms in total. The summed E-state index contributed by atoms with van der Waals surface area (Å²) < 4.78 is 1.84. The summed E-state index contributed by atoms with van der Waals surface area (Å²) in [5.41, 5.74) is 1.21. The van der Waals surface area contributed by atoms with Crippen LogP contribution >= 0.6 is 23.4 Å². The van der Waals surface area contributed by atoms with Crippen LogP contribution in [0, 0.1) is 0 Å². The first kappa shape index (κ1) is 15.3. The van der Waals surface area contributed by atoms with Crippen molar-refractivity contribution in [3.63, 3.8) is 0 Å². The van der Waals surface area contributed by atoms with Crippen LogP contribution in [0.2, 0.25) is 5.02 Å². The smallest absolute Gasteiger partial charge is 0.209 e. The molecular weight excluding hydrogens is 294 g/mol. The Labute approximate surface area is 128 Å². The molecule has 0 radical (unpaired) electrons. The number of halogens is 1. The third-order valence-electron chi connectivity index (χ3n) is 2.71. The van der Waals surface area contributed by atoms with E-state index in [1.54, 1.807) is 11.8 Å². The van der Waals surface area contributed by atoms with Crippen LogP contribution in [0.4, 0.5) is 0 Å². The van der Waals surface area contributed by atoms with Gasteiger partial charge in [0.15, 0.2) is 0 Å². The van der Waals surface area contributed by atoms with Gasteiger partial charge in [-0.3, -0.25) is 0 Å². The molecule has 0 saturated heterocycles. The predicted molar refractivity (Wildman–Crippen MR) is 82.0 cm³/mol. The lowest BCUT2D eigenvalue weighted by Crippen LogP contribution is -2.21. The molecule has 20 heavy (non-hydrogen) atoms. The Kier molecular flexibility index (Phi) is 6.29. The van der Waals surface area contributed by atoms with Crippen molar-refractivity contribution in [1.29, 1.82) is 0 Å². The van der Waals surface area contributed by atoms with Crippen molar-refractivity contribution in [2.75, 3.05) is 13.1 Å². The first-order chi connectivity index (χ1) is 9.79. The first-order valence-electron chi connectivity index (χ1n) is 6.63. The number of aromatic nitrogens is 4. The number of nitrogens with one attached hydrogen (secondary N) is 1. The zero-order chi connectivity index (χ0) is 14.2. The van der Waals surface area contributed by atoms with Crippen molar-refractivity contribution in [2.45, 2.75) is 30.8 Å². The monoisotopic (exact) mass is 311 g/mol. The van der Waals surface area contributed by atoms with E-state index in [9.17, 15) is 0 Å². The number of thioether (sulfide) groups is 1. The topological polar surface area (TPSA) is 55.6 Å². The van der Waals surface area contributed by atoms with Gasteiger partial charge in [-0.15, -0.1) is 5.10 Å². The average molecular weight is 312 g/mol. The van der Waals surface area contributed by atoms with Gasteiger partial charge in [0, 0.05) is 17.3 Å². The average Bonchev–Trinajstić information content (AvgIpc) is 2.90. The minimum Gasteiger partial charge on any atom is -0.315 e. The molecule has 2 rings (SSSR count). The van der Waals surface area contributed by atoms with Gasteiger partial charge in [0.1, 0.15) is 0 Å². The van der Waals surface area contributed by atoms with Gasteiger partial charge in [-0.1, -0.05) is 42.4 Å². The van der Waals surface area contributed by atoms with Crippen molar-refractivity contribution < 1.29 is 0 Å². The standard InChI is InChI=1S/C13H18ClN5S/c1-2-7-15-8-9-19-13(16-17-18-19)20-10-11-3-5-12(14)6-4-11/h3-6,15H,2,7-10H2,1H3. The van der Waals surface area contributed by atoms with Crippen LogP contribution < -0.4 is 5.32 Å². The van der Waals surface area contributed by atoms with E-state index in [1.165, 1.54) is 5.56 Å². The molecule has 1 aromatic heterocycles. The molecule has 1 heterocycles. The summed E-state index contributed by atoms with van der Waals surface area (Å²) in [6.07, 6.45) is 1.13. The Morgan fingerprint density at radius 3 is 2.80 bits per heavy atom. The van der Waals surface area contributed by atoms with E-state index in [4.69, 9.17) is 11.6 Å². The molecule has 108 valence electrons. The molecule has 0 amide bonds. The number of hydrogen-bond acceptors (Lipinski definition) is 5. The lowest BCUT2D eigenvalue weighted by atomic mass is 10.2. The Bertz CT molecular complexity index is 514. The van der Waals surface area contributed by atoms with Gasteiger partial charge in [-0.05, 0) is 41.1 Å². The van der Waals surface area contributed by atoms with Crippen molar-refractivity contribution >= 4 is 23.4 Å². The second kappa shape index (κ2) is 8.24. The third kappa shape index (κ3) is 4.77. The quantitative estimate of drug-likeness (QED) is 0.600. The van der Waals surface area contributed by atoms with Crippen LogP contribution in [-0.2, 0) is 12.3 Å². The van der Waals surface area contributed by atoms with Crippen molar-refractivity contribution in [3.8, 4) is 0 Å². The third-order valence-corrected chi connectivity index (χ3v) is 3.99. The van der Waals surface area contributed by atoms with E-state index in [1.807, 2.05) is 28.9 Å². The highest BCUT2D eigenvalue weighted by Gasteiger charge is 2.06. The van der Waals surface area contributed by atoms with Crippen LogP contribution in [0.25, 0.3) is 0 Å². The fourth-order valence-corrected chi connectivity index (χ4v) is 2.64. The SMILES string of the molecule is CCCNCCn1nnnc1SCc1ccc(Cl)cc1. The van der Waals surface area contributed by atoms with Gasteiger partial charge < -0.3 is 5.32 Å². The minimum atomic E-state index is 0.755. The van der Waals surface area contributed by atoms with Gasteiger partial charge in [-0.2, -0.15) is 0 Å². The van der Waals surface area contributed by atoms with E-state index in [2.05, 4.69) is 27.8 Å². The summed E-state index contributed by atoms with van der Waals surface area (Å²) in [7, 11) is 0. The normalized spacial score (nSPS) is 10.9. The summed E-state index contributed by atoms with van der Waals surface area (Å²) in [5, 5.41) is 16.8. The van der Waals surface area contributed by atoms with Crippen molar-refractivity contribution in [3.05, 3.63) is 34.9 Å². The number of hydrogen-bond donors (Lipinski definition) is 1. The molecule has 0 fully saturated rings. The molecule has 2 aromatic rings. The molecule has 0 spiro atoms. The molecule has 0 atom stereocenters. The fourth-order valence-electron chi connectivity index (χ4n) is 1.66. The van der Waals surface area contributed by atoms with E-state index >= 15 is 0 Å². The molecule has 7 heteroatoms. The summed E-state index contributed by atoms with van der Waals surface area (Å²) in [6.45, 7) is 4.84. The highest BCUT2D eigenvalue weighted by molar-refractivity contribution is 7.98. The lowest BCUT2D eigenvalue weighted by Gasteiger charge is -2.05. The molecule has 1 aromatic carbocycles. The number of benzene rings is 1. The Morgan fingerprint density at radius 1 is 1.25 bits per heavy atom. The molecular formula is C13H18ClN5S. The summed E-state index contributed by atoms with van der Waals surface area (Å²) in [4.78, 5) is 0. The summed E-state index contributed by atoms with van der Waals surface area (Å²) in [6, 6.07) is 7.84. The maximum absolute atomic E-state index is 5.87.